The van der Waals surface area contributed by atoms with E-state index in [2.05, 4.69) is 5.32 Å². The Morgan fingerprint density at radius 2 is 1.42 bits per heavy atom. The fraction of sp³-hybridized carbons (Fsp3) is 0.348. The molecule has 8 heteroatoms. The minimum Gasteiger partial charge on any atom is -0.444 e. The van der Waals surface area contributed by atoms with Crippen LogP contribution in [0.2, 0.25) is 5.02 Å². The van der Waals surface area contributed by atoms with Crippen molar-refractivity contribution in [2.24, 2.45) is 0 Å². The van der Waals surface area contributed by atoms with Crippen LogP contribution in [0.15, 0.2) is 48.5 Å². The average Bonchev–Trinajstić information content (AvgIpc) is 2.72. The van der Waals surface area contributed by atoms with E-state index >= 15 is 0 Å². The molecule has 2 aromatic rings. The zero-order valence-corrected chi connectivity index (χ0v) is 18.6. The van der Waals surface area contributed by atoms with Gasteiger partial charge in [0.15, 0.2) is 0 Å². The predicted octanol–water partition coefficient (Wildman–Crippen LogP) is 4.29. The van der Waals surface area contributed by atoms with Gasteiger partial charge in [-0.2, -0.15) is 0 Å². The molecule has 1 fully saturated rings. The van der Waals surface area contributed by atoms with Gasteiger partial charge in [0, 0.05) is 48.0 Å². The minimum absolute atomic E-state index is 0.0766. The molecule has 0 bridgehead atoms. The third-order valence-corrected chi connectivity index (χ3v) is 4.95. The van der Waals surface area contributed by atoms with E-state index in [0.29, 0.717) is 48.0 Å². The molecule has 31 heavy (non-hydrogen) atoms. The molecule has 3 rings (SSSR count). The monoisotopic (exact) mass is 443 g/mol. The molecular formula is C23H26ClN3O4. The Kier molecular flexibility index (Phi) is 6.85. The normalized spacial score (nSPS) is 14.2. The number of amides is 3. The van der Waals surface area contributed by atoms with Crippen LogP contribution in [0.1, 0.15) is 41.5 Å². The number of benzene rings is 2. The molecule has 0 aliphatic carbocycles. The van der Waals surface area contributed by atoms with Gasteiger partial charge in [-0.25, -0.2) is 4.79 Å². The highest BCUT2D eigenvalue weighted by Gasteiger charge is 2.26. The van der Waals surface area contributed by atoms with Gasteiger partial charge in [-0.1, -0.05) is 17.7 Å². The highest BCUT2D eigenvalue weighted by atomic mass is 35.5. The van der Waals surface area contributed by atoms with Crippen molar-refractivity contribution < 1.29 is 19.1 Å². The SMILES string of the molecule is CC(C)(C)OC(=O)Nc1cccc(C(=O)N2CCN(C(=O)c3ccc(Cl)cc3)CC2)c1. The molecule has 0 atom stereocenters. The van der Waals surface area contributed by atoms with Crippen LogP contribution in [0.5, 0.6) is 0 Å². The van der Waals surface area contributed by atoms with E-state index in [-0.39, 0.29) is 11.8 Å². The van der Waals surface area contributed by atoms with E-state index in [1.807, 2.05) is 0 Å². The zero-order chi connectivity index (χ0) is 22.6. The molecule has 2 aromatic carbocycles. The molecule has 1 saturated heterocycles. The van der Waals surface area contributed by atoms with E-state index in [1.54, 1.807) is 79.1 Å². The van der Waals surface area contributed by atoms with Crippen LogP contribution in [0.4, 0.5) is 10.5 Å². The first-order valence-corrected chi connectivity index (χ1v) is 10.4. The summed E-state index contributed by atoms with van der Waals surface area (Å²) in [6.45, 7) is 7.10. The maximum atomic E-state index is 12.9. The van der Waals surface area contributed by atoms with Gasteiger partial charge in [0.2, 0.25) is 0 Å². The lowest BCUT2D eigenvalue weighted by Crippen LogP contribution is -2.50. The fourth-order valence-electron chi connectivity index (χ4n) is 3.22. The summed E-state index contributed by atoms with van der Waals surface area (Å²) in [5.74, 6) is -0.223. The van der Waals surface area contributed by atoms with Crippen molar-refractivity contribution in [3.05, 3.63) is 64.7 Å². The summed E-state index contributed by atoms with van der Waals surface area (Å²) >= 11 is 5.88. The summed E-state index contributed by atoms with van der Waals surface area (Å²) < 4.78 is 5.25. The number of ether oxygens (including phenoxy) is 1. The van der Waals surface area contributed by atoms with Gasteiger partial charge in [0.1, 0.15) is 5.60 Å². The number of piperazine rings is 1. The first-order chi connectivity index (χ1) is 14.6. The summed E-state index contributed by atoms with van der Waals surface area (Å²) in [5, 5.41) is 3.23. The zero-order valence-electron chi connectivity index (χ0n) is 17.9. The fourth-order valence-corrected chi connectivity index (χ4v) is 3.35. The summed E-state index contributed by atoms with van der Waals surface area (Å²) in [6, 6.07) is 13.5. The Bertz CT molecular complexity index is 962. The minimum atomic E-state index is -0.610. The van der Waals surface area contributed by atoms with Crippen LogP contribution in [0.25, 0.3) is 0 Å². The highest BCUT2D eigenvalue weighted by molar-refractivity contribution is 6.30. The Hall–Kier alpha value is -3.06. The van der Waals surface area contributed by atoms with Gasteiger partial charge in [-0.3, -0.25) is 14.9 Å². The van der Waals surface area contributed by atoms with Crippen molar-refractivity contribution in [3.63, 3.8) is 0 Å². The molecule has 0 spiro atoms. The van der Waals surface area contributed by atoms with Gasteiger partial charge >= 0.3 is 6.09 Å². The molecular weight excluding hydrogens is 418 g/mol. The molecule has 0 radical (unpaired) electrons. The Labute approximate surface area is 186 Å². The van der Waals surface area contributed by atoms with Crippen molar-refractivity contribution >= 4 is 35.2 Å². The second kappa shape index (κ2) is 9.39. The van der Waals surface area contributed by atoms with E-state index in [4.69, 9.17) is 16.3 Å². The second-order valence-electron chi connectivity index (χ2n) is 8.30. The number of halogens is 1. The van der Waals surface area contributed by atoms with E-state index in [0.717, 1.165) is 0 Å². The molecule has 164 valence electrons. The standard InChI is InChI=1S/C23H26ClN3O4/c1-23(2,3)31-22(30)25-19-6-4-5-17(15-19)21(29)27-13-11-26(12-14-27)20(28)16-7-9-18(24)10-8-16/h4-10,15H,11-14H2,1-3H3,(H,25,30). The molecule has 0 unspecified atom stereocenters. The summed E-state index contributed by atoms with van der Waals surface area (Å²) in [6.07, 6.45) is -0.577. The summed E-state index contributed by atoms with van der Waals surface area (Å²) in [5.41, 5.74) is 0.911. The quantitative estimate of drug-likeness (QED) is 0.767. The van der Waals surface area contributed by atoms with Crippen LogP contribution in [-0.2, 0) is 4.74 Å². The maximum Gasteiger partial charge on any atom is 0.412 e. The lowest BCUT2D eigenvalue weighted by Gasteiger charge is -2.35. The van der Waals surface area contributed by atoms with Gasteiger partial charge in [0.05, 0.1) is 0 Å². The smallest absolute Gasteiger partial charge is 0.412 e. The van der Waals surface area contributed by atoms with Crippen molar-refractivity contribution in [1.82, 2.24) is 9.80 Å². The first kappa shape index (κ1) is 22.6. The number of hydrogen-bond donors (Lipinski definition) is 1. The van der Waals surface area contributed by atoms with Crippen molar-refractivity contribution in [1.29, 1.82) is 0 Å². The number of nitrogens with zero attached hydrogens (tertiary/aromatic N) is 2. The molecule has 1 aliphatic rings. The van der Waals surface area contributed by atoms with E-state index in [1.165, 1.54) is 0 Å². The number of anilines is 1. The van der Waals surface area contributed by atoms with Gasteiger partial charge in [-0.15, -0.1) is 0 Å². The van der Waals surface area contributed by atoms with Gasteiger partial charge in [-0.05, 0) is 63.2 Å². The third-order valence-electron chi connectivity index (χ3n) is 4.70. The van der Waals surface area contributed by atoms with Crippen LogP contribution in [0.3, 0.4) is 0 Å². The molecule has 7 nitrogen and oxygen atoms in total. The van der Waals surface area contributed by atoms with Crippen molar-refractivity contribution in [2.45, 2.75) is 26.4 Å². The largest absolute Gasteiger partial charge is 0.444 e. The number of carbonyl (C=O) groups excluding carboxylic acids is 3. The predicted molar refractivity (Wildman–Crippen MR) is 120 cm³/mol. The average molecular weight is 444 g/mol. The number of nitrogens with one attached hydrogen (secondary N) is 1. The van der Waals surface area contributed by atoms with Crippen molar-refractivity contribution in [3.8, 4) is 0 Å². The summed E-state index contributed by atoms with van der Waals surface area (Å²) in [7, 11) is 0. The third kappa shape index (κ3) is 6.21. The van der Waals surface area contributed by atoms with Gasteiger partial charge in [0.25, 0.3) is 11.8 Å². The lowest BCUT2D eigenvalue weighted by atomic mass is 10.1. The topological polar surface area (TPSA) is 79.0 Å². The first-order valence-electron chi connectivity index (χ1n) is 10.1. The van der Waals surface area contributed by atoms with Crippen LogP contribution >= 0.6 is 11.6 Å². The van der Waals surface area contributed by atoms with Gasteiger partial charge < -0.3 is 14.5 Å². The lowest BCUT2D eigenvalue weighted by molar-refractivity contribution is 0.0535. The number of carbonyl (C=O) groups is 3. The number of rotatable bonds is 3. The van der Waals surface area contributed by atoms with E-state index < -0.39 is 11.7 Å². The van der Waals surface area contributed by atoms with Crippen molar-refractivity contribution in [2.75, 3.05) is 31.5 Å². The molecule has 1 heterocycles. The maximum absolute atomic E-state index is 12.9. The molecule has 3 amide bonds. The van der Waals surface area contributed by atoms with E-state index in [9.17, 15) is 14.4 Å². The second-order valence-corrected chi connectivity index (χ2v) is 8.74. The Morgan fingerprint density at radius 3 is 1.97 bits per heavy atom. The van der Waals surface area contributed by atoms with Crippen LogP contribution in [0, 0.1) is 0 Å². The Morgan fingerprint density at radius 1 is 0.871 bits per heavy atom. The Balaban J connectivity index is 1.58. The molecule has 1 aliphatic heterocycles. The highest BCUT2D eigenvalue weighted by Crippen LogP contribution is 2.17. The molecule has 0 aromatic heterocycles. The van der Waals surface area contributed by atoms with Crippen LogP contribution < -0.4 is 5.32 Å². The number of hydrogen-bond acceptors (Lipinski definition) is 4. The molecule has 0 saturated carbocycles. The molecule has 1 N–H and O–H groups in total. The van der Waals surface area contributed by atoms with Crippen LogP contribution in [-0.4, -0.2) is 59.5 Å². The summed E-state index contributed by atoms with van der Waals surface area (Å²) in [4.78, 5) is 41.0.